The molecule has 1 spiro atoms. The Morgan fingerprint density at radius 3 is 2.45 bits per heavy atom. The van der Waals surface area contributed by atoms with E-state index in [9.17, 15) is 19.5 Å². The number of carbonyl (C=O) groups excluding carboxylic acids is 2. The Kier molecular flexibility index (Phi) is 7.54. The van der Waals surface area contributed by atoms with Crippen LogP contribution in [0.3, 0.4) is 0 Å². The summed E-state index contributed by atoms with van der Waals surface area (Å²) in [5, 5.41) is 13.6. The first kappa shape index (κ1) is 28.9. The van der Waals surface area contributed by atoms with Crippen LogP contribution in [0, 0.1) is 0 Å². The third-order valence-corrected chi connectivity index (χ3v) is 8.20. The summed E-state index contributed by atoms with van der Waals surface area (Å²) < 4.78 is 19.8. The van der Waals surface area contributed by atoms with E-state index in [1.54, 1.807) is 59.4 Å². The zero-order valence-electron chi connectivity index (χ0n) is 24.7. The standard InChI is InChI=1S/C33H32N4O7/c1-4-43-29-14-21(13-28(42-3)30(29)24-18-35-36(2)19-24)31(39)37-9-7-33(8-10-37)15-26(38)25-12-20(5-6-27(25)44-33)22-11-23(32(40)41)17-34-16-22/h5-6,11-14,16-19H,4,7-10,15H2,1-3H3,(H,40,41). The minimum absolute atomic E-state index is 0.0488. The number of aryl methyl sites for hydroxylation is 1. The molecule has 0 atom stereocenters. The van der Waals surface area contributed by atoms with Crippen molar-refractivity contribution in [2.75, 3.05) is 26.8 Å². The van der Waals surface area contributed by atoms with Crippen molar-refractivity contribution >= 4 is 17.7 Å². The van der Waals surface area contributed by atoms with Crippen molar-refractivity contribution in [2.24, 2.45) is 7.05 Å². The Labute approximate surface area is 254 Å². The maximum atomic E-state index is 13.7. The van der Waals surface area contributed by atoms with Crippen LogP contribution in [0.1, 0.15) is 57.3 Å². The van der Waals surface area contributed by atoms with Gasteiger partial charge in [0.1, 0.15) is 22.8 Å². The highest BCUT2D eigenvalue weighted by atomic mass is 16.5. The van der Waals surface area contributed by atoms with Gasteiger partial charge in [0.2, 0.25) is 0 Å². The predicted molar refractivity (Wildman–Crippen MR) is 160 cm³/mol. The third-order valence-electron chi connectivity index (χ3n) is 8.20. The van der Waals surface area contributed by atoms with Gasteiger partial charge >= 0.3 is 5.97 Å². The molecule has 2 aromatic heterocycles. The molecule has 4 heterocycles. The number of methoxy groups -OCH3 is 1. The van der Waals surface area contributed by atoms with Crippen LogP contribution in [0.25, 0.3) is 22.3 Å². The van der Waals surface area contributed by atoms with E-state index in [1.165, 1.54) is 12.3 Å². The molecular formula is C33H32N4O7. The van der Waals surface area contributed by atoms with Gasteiger partial charge in [-0.3, -0.25) is 19.3 Å². The number of aromatic nitrogens is 3. The van der Waals surface area contributed by atoms with Gasteiger partial charge in [0.05, 0.1) is 43.0 Å². The molecule has 11 heteroatoms. The van der Waals surface area contributed by atoms with Crippen molar-refractivity contribution in [3.8, 4) is 39.5 Å². The van der Waals surface area contributed by atoms with Gasteiger partial charge in [0.15, 0.2) is 5.78 Å². The molecule has 0 aliphatic carbocycles. The molecule has 2 aliphatic heterocycles. The average molecular weight is 597 g/mol. The van der Waals surface area contributed by atoms with Gasteiger partial charge in [-0.05, 0) is 42.8 Å². The van der Waals surface area contributed by atoms with Gasteiger partial charge in [-0.2, -0.15) is 5.10 Å². The van der Waals surface area contributed by atoms with Crippen molar-refractivity contribution in [3.63, 3.8) is 0 Å². The van der Waals surface area contributed by atoms with Crippen LogP contribution in [-0.4, -0.2) is 74.8 Å². The van der Waals surface area contributed by atoms with E-state index in [-0.39, 0.29) is 23.7 Å². The van der Waals surface area contributed by atoms with Gasteiger partial charge in [-0.15, -0.1) is 0 Å². The number of carboxylic acids is 1. The molecule has 1 saturated heterocycles. The number of aromatic carboxylic acids is 1. The number of fused-ring (bicyclic) bond motifs is 1. The van der Waals surface area contributed by atoms with E-state index in [0.29, 0.717) is 72.0 Å². The Hall–Kier alpha value is -5.19. The highest BCUT2D eigenvalue weighted by Gasteiger charge is 2.44. The lowest BCUT2D eigenvalue weighted by Crippen LogP contribution is -2.52. The maximum Gasteiger partial charge on any atom is 0.337 e. The Morgan fingerprint density at radius 1 is 1.00 bits per heavy atom. The molecule has 4 aromatic rings. The van der Waals surface area contributed by atoms with Gasteiger partial charge in [-0.25, -0.2) is 4.79 Å². The molecule has 0 unspecified atom stereocenters. The number of likely N-dealkylation sites (tertiary alicyclic amines) is 1. The van der Waals surface area contributed by atoms with Crippen LogP contribution in [0.15, 0.2) is 61.2 Å². The lowest BCUT2D eigenvalue weighted by molar-refractivity contribution is -0.00573. The lowest BCUT2D eigenvalue weighted by Gasteiger charge is -2.44. The van der Waals surface area contributed by atoms with E-state index < -0.39 is 11.6 Å². The van der Waals surface area contributed by atoms with Crippen molar-refractivity contribution in [3.05, 3.63) is 77.9 Å². The summed E-state index contributed by atoms with van der Waals surface area (Å²) in [6, 6.07) is 10.3. The van der Waals surface area contributed by atoms with Gasteiger partial charge < -0.3 is 24.2 Å². The van der Waals surface area contributed by atoms with Crippen LogP contribution >= 0.6 is 0 Å². The number of ketones is 1. The minimum atomic E-state index is -1.07. The van der Waals surface area contributed by atoms with Crippen molar-refractivity contribution in [1.82, 2.24) is 19.7 Å². The Bertz CT molecular complexity index is 1770. The minimum Gasteiger partial charge on any atom is -0.496 e. The van der Waals surface area contributed by atoms with Gasteiger partial charge in [0, 0.05) is 68.3 Å². The Balaban J connectivity index is 1.19. The number of amides is 1. The van der Waals surface area contributed by atoms with Crippen LogP contribution < -0.4 is 14.2 Å². The lowest BCUT2D eigenvalue weighted by atomic mass is 9.82. The highest BCUT2D eigenvalue weighted by molar-refractivity contribution is 6.02. The normalized spacial score (nSPS) is 15.4. The molecule has 1 fully saturated rings. The fourth-order valence-electron chi connectivity index (χ4n) is 5.95. The fraction of sp³-hybridized carbons (Fsp3) is 0.303. The van der Waals surface area contributed by atoms with Gasteiger partial charge in [-0.1, -0.05) is 6.07 Å². The highest BCUT2D eigenvalue weighted by Crippen LogP contribution is 2.42. The number of rotatable bonds is 7. The topological polar surface area (TPSA) is 133 Å². The van der Waals surface area contributed by atoms with E-state index in [4.69, 9.17) is 14.2 Å². The number of carboxylic acid groups (broad SMARTS) is 1. The molecular weight excluding hydrogens is 564 g/mol. The summed E-state index contributed by atoms with van der Waals surface area (Å²) in [7, 11) is 3.39. The average Bonchev–Trinajstić information content (AvgIpc) is 3.46. The molecule has 0 saturated carbocycles. The number of benzene rings is 2. The fourth-order valence-corrected chi connectivity index (χ4v) is 5.95. The molecule has 1 N–H and O–H groups in total. The predicted octanol–water partition coefficient (Wildman–Crippen LogP) is 4.89. The first-order chi connectivity index (χ1) is 21.2. The second kappa shape index (κ2) is 11.5. The molecule has 6 rings (SSSR count). The molecule has 2 aliphatic rings. The Morgan fingerprint density at radius 2 is 1.77 bits per heavy atom. The quantitative estimate of drug-likeness (QED) is 0.316. The zero-order chi connectivity index (χ0) is 31.0. The summed E-state index contributed by atoms with van der Waals surface area (Å²) in [4.78, 5) is 44.2. The molecule has 226 valence electrons. The summed E-state index contributed by atoms with van der Waals surface area (Å²) in [6.07, 6.45) is 7.63. The van der Waals surface area contributed by atoms with Crippen LogP contribution in [0.5, 0.6) is 17.2 Å². The molecule has 11 nitrogen and oxygen atoms in total. The zero-order valence-corrected chi connectivity index (χ0v) is 24.7. The van der Waals surface area contributed by atoms with Crippen LogP contribution in [0.4, 0.5) is 0 Å². The van der Waals surface area contributed by atoms with E-state index in [1.807, 2.05) is 20.2 Å². The van der Waals surface area contributed by atoms with Gasteiger partial charge in [0.25, 0.3) is 5.91 Å². The molecule has 0 radical (unpaired) electrons. The second-order valence-corrected chi connectivity index (χ2v) is 11.0. The van der Waals surface area contributed by atoms with E-state index in [0.717, 1.165) is 11.1 Å². The smallest absolute Gasteiger partial charge is 0.337 e. The summed E-state index contributed by atoms with van der Waals surface area (Å²) in [5.41, 5.74) is 3.12. The first-order valence-electron chi connectivity index (χ1n) is 14.4. The van der Waals surface area contributed by atoms with Crippen LogP contribution in [0.2, 0.25) is 0 Å². The van der Waals surface area contributed by atoms with Crippen molar-refractivity contribution in [1.29, 1.82) is 0 Å². The maximum absolute atomic E-state index is 13.7. The summed E-state index contributed by atoms with van der Waals surface area (Å²) in [5.74, 6) is 0.277. The third kappa shape index (κ3) is 5.36. The van der Waals surface area contributed by atoms with Crippen LogP contribution in [-0.2, 0) is 7.05 Å². The van der Waals surface area contributed by atoms with Crippen molar-refractivity contribution in [2.45, 2.75) is 31.8 Å². The number of ether oxygens (including phenoxy) is 3. The molecule has 1 amide bonds. The monoisotopic (exact) mass is 596 g/mol. The SMILES string of the molecule is CCOc1cc(C(=O)N2CCC3(CC2)CC(=O)c2cc(-c4cncc(C(=O)O)c4)ccc2O3)cc(OC)c1-c1cnn(C)c1. The van der Waals surface area contributed by atoms with Crippen molar-refractivity contribution < 1.29 is 33.7 Å². The van der Waals surface area contributed by atoms with E-state index >= 15 is 0 Å². The largest absolute Gasteiger partial charge is 0.496 e. The summed E-state index contributed by atoms with van der Waals surface area (Å²) >= 11 is 0. The number of Topliss-reactive ketones (excluding diaryl/α,β-unsaturated/α-hetero) is 1. The molecule has 44 heavy (non-hydrogen) atoms. The molecule has 2 aromatic carbocycles. The number of piperidine rings is 1. The first-order valence-corrected chi connectivity index (χ1v) is 14.4. The summed E-state index contributed by atoms with van der Waals surface area (Å²) in [6.45, 7) is 3.14. The number of pyridine rings is 1. The number of hydrogen-bond acceptors (Lipinski definition) is 8. The second-order valence-electron chi connectivity index (χ2n) is 11.0. The molecule has 0 bridgehead atoms. The number of nitrogens with zero attached hydrogens (tertiary/aromatic N) is 4. The number of carbonyl (C=O) groups is 3. The number of hydrogen-bond donors (Lipinski definition) is 1. The van der Waals surface area contributed by atoms with E-state index in [2.05, 4.69) is 10.1 Å².